The van der Waals surface area contributed by atoms with Crippen molar-refractivity contribution >= 4 is 21.9 Å². The lowest BCUT2D eigenvalue weighted by molar-refractivity contribution is 0.0697. The van der Waals surface area contributed by atoms with Crippen molar-refractivity contribution in [3.05, 3.63) is 107 Å². The van der Waals surface area contributed by atoms with E-state index in [0.717, 1.165) is 12.8 Å². The van der Waals surface area contributed by atoms with Crippen LogP contribution in [0, 0.1) is 10.8 Å². The molecule has 180 valence electrons. The quantitative estimate of drug-likeness (QED) is 0.270. The predicted molar refractivity (Wildman–Crippen MR) is 146 cm³/mol. The maximum atomic E-state index is 11.3. The lowest BCUT2D eigenvalue weighted by Crippen LogP contribution is -2.31. The van der Waals surface area contributed by atoms with Gasteiger partial charge in [-0.25, -0.2) is 4.79 Å². The highest BCUT2D eigenvalue weighted by molar-refractivity contribution is 9.09. The number of carboxylic acids is 1. The van der Waals surface area contributed by atoms with Gasteiger partial charge in [0.1, 0.15) is 0 Å². The lowest BCUT2D eigenvalue weighted by atomic mass is 9.62. The minimum Gasteiger partial charge on any atom is -0.478 e. The molecule has 0 aliphatic carbocycles. The summed E-state index contributed by atoms with van der Waals surface area (Å²) in [4.78, 5) is 11.6. The fourth-order valence-corrected chi connectivity index (χ4v) is 6.12. The minimum atomic E-state index is -0.882. The lowest BCUT2D eigenvalue weighted by Gasteiger charge is -2.43. The van der Waals surface area contributed by atoms with Crippen molar-refractivity contribution in [1.29, 1.82) is 0 Å². The number of hydrogen-bond acceptors (Lipinski definition) is 1. The number of hydrogen-bond donors (Lipinski definition) is 1. The van der Waals surface area contributed by atoms with Crippen LogP contribution in [-0.4, -0.2) is 11.1 Å². The second-order valence-electron chi connectivity index (χ2n) is 10.9. The number of carboxylic acid groups (broad SMARTS) is 1. The molecule has 0 spiro atoms. The van der Waals surface area contributed by atoms with E-state index in [1.807, 2.05) is 12.1 Å². The van der Waals surface area contributed by atoms with Gasteiger partial charge in [0.25, 0.3) is 0 Å². The molecule has 0 aromatic heterocycles. The highest BCUT2D eigenvalue weighted by atomic mass is 79.9. The Morgan fingerprint density at radius 1 is 0.735 bits per heavy atom. The molecule has 0 amide bonds. The number of halogens is 1. The molecule has 0 radical (unpaired) electrons. The molecule has 3 aromatic rings. The van der Waals surface area contributed by atoms with E-state index >= 15 is 0 Å². The third kappa shape index (κ3) is 6.39. The number of carbonyl (C=O) groups is 1. The van der Waals surface area contributed by atoms with E-state index < -0.39 is 5.97 Å². The Bertz CT molecular complexity index is 1060. The van der Waals surface area contributed by atoms with E-state index in [4.69, 9.17) is 0 Å². The summed E-state index contributed by atoms with van der Waals surface area (Å²) in [6, 6.07) is 28.9. The van der Waals surface area contributed by atoms with Gasteiger partial charge in [-0.15, -0.1) is 0 Å². The molecule has 0 fully saturated rings. The first-order valence-electron chi connectivity index (χ1n) is 12.1. The van der Waals surface area contributed by atoms with Gasteiger partial charge in [-0.1, -0.05) is 123 Å². The Hall–Kier alpha value is -2.39. The van der Waals surface area contributed by atoms with Crippen LogP contribution in [-0.2, 0) is 0 Å². The number of alkyl halides is 1. The zero-order valence-corrected chi connectivity index (χ0v) is 22.5. The van der Waals surface area contributed by atoms with Crippen LogP contribution < -0.4 is 0 Å². The Morgan fingerprint density at radius 2 is 1.24 bits per heavy atom. The van der Waals surface area contributed by atoms with Crippen molar-refractivity contribution in [2.45, 2.75) is 64.1 Å². The van der Waals surface area contributed by atoms with Crippen LogP contribution in [0.1, 0.15) is 91.2 Å². The van der Waals surface area contributed by atoms with Gasteiger partial charge in [-0.05, 0) is 64.3 Å². The second-order valence-corrected chi connectivity index (χ2v) is 12.0. The first-order valence-corrected chi connectivity index (χ1v) is 13.0. The van der Waals surface area contributed by atoms with Gasteiger partial charge in [0.2, 0.25) is 0 Å². The van der Waals surface area contributed by atoms with Crippen molar-refractivity contribution in [3.8, 4) is 0 Å². The highest BCUT2D eigenvalue weighted by Gasteiger charge is 2.39. The third-order valence-corrected chi connectivity index (χ3v) is 8.42. The Labute approximate surface area is 213 Å². The molecule has 3 heteroatoms. The first kappa shape index (κ1) is 26.2. The van der Waals surface area contributed by atoms with Gasteiger partial charge in [-0.2, -0.15) is 0 Å². The number of aromatic carboxylic acids is 1. The van der Waals surface area contributed by atoms with Gasteiger partial charge in [0, 0.05) is 4.83 Å². The van der Waals surface area contributed by atoms with Gasteiger partial charge in [0.05, 0.1) is 5.56 Å². The molecule has 0 aliphatic heterocycles. The maximum absolute atomic E-state index is 11.3. The van der Waals surface area contributed by atoms with Gasteiger partial charge in [0.15, 0.2) is 0 Å². The smallest absolute Gasteiger partial charge is 0.335 e. The third-order valence-electron chi connectivity index (χ3n) is 7.57. The molecule has 0 saturated heterocycles. The largest absolute Gasteiger partial charge is 0.478 e. The molecule has 0 saturated carbocycles. The molecular formula is C31H37BrO2. The Morgan fingerprint density at radius 3 is 1.74 bits per heavy atom. The standard InChI is InChI=1S/C31H37BrO2/c1-22(23-16-18-26(19-17-23)29(33)34)30(2,3)20-27(24-12-8-6-9-13-24)31(4,5)21-28(32)25-14-10-7-11-15-25/h6-19,22,27-28H,20-21H2,1-5H3,(H,33,34). The Balaban J connectivity index is 1.88. The second kappa shape index (κ2) is 10.9. The van der Waals surface area contributed by atoms with E-state index in [1.54, 1.807) is 12.1 Å². The average Bonchev–Trinajstić information content (AvgIpc) is 2.83. The van der Waals surface area contributed by atoms with Crippen molar-refractivity contribution in [1.82, 2.24) is 0 Å². The molecule has 3 atom stereocenters. The van der Waals surface area contributed by atoms with Crippen LogP contribution >= 0.6 is 15.9 Å². The van der Waals surface area contributed by atoms with Crippen LogP contribution in [0.3, 0.4) is 0 Å². The maximum Gasteiger partial charge on any atom is 0.335 e. The minimum absolute atomic E-state index is 0.0110. The zero-order valence-electron chi connectivity index (χ0n) is 21.0. The molecule has 1 N–H and O–H groups in total. The molecule has 3 rings (SSSR count). The number of rotatable bonds is 10. The predicted octanol–water partition coefficient (Wildman–Crippen LogP) is 9.24. The summed E-state index contributed by atoms with van der Waals surface area (Å²) in [5.74, 6) is -0.230. The SMILES string of the molecule is CC(c1ccc(C(=O)O)cc1)C(C)(C)CC(c1ccccc1)C(C)(C)CC(Br)c1ccccc1. The molecule has 3 unspecified atom stereocenters. The normalized spacial score (nSPS) is 14.9. The van der Waals surface area contributed by atoms with Crippen LogP contribution in [0.5, 0.6) is 0 Å². The van der Waals surface area contributed by atoms with Crippen molar-refractivity contribution in [3.63, 3.8) is 0 Å². The van der Waals surface area contributed by atoms with Crippen molar-refractivity contribution in [2.24, 2.45) is 10.8 Å². The molecule has 0 heterocycles. The molecular weight excluding hydrogens is 484 g/mol. The van der Waals surface area contributed by atoms with E-state index in [2.05, 4.69) is 111 Å². The number of benzene rings is 3. The van der Waals surface area contributed by atoms with Crippen LogP contribution in [0.2, 0.25) is 0 Å². The fraction of sp³-hybridized carbons (Fsp3) is 0.387. The van der Waals surface area contributed by atoms with Gasteiger partial charge in [-0.3, -0.25) is 0 Å². The summed E-state index contributed by atoms with van der Waals surface area (Å²) < 4.78 is 0. The summed E-state index contributed by atoms with van der Waals surface area (Å²) in [6.07, 6.45) is 2.05. The molecule has 0 bridgehead atoms. The molecule has 0 aliphatic rings. The summed E-state index contributed by atoms with van der Waals surface area (Å²) in [5.41, 5.74) is 4.27. The van der Waals surface area contributed by atoms with E-state index in [9.17, 15) is 9.90 Å². The van der Waals surface area contributed by atoms with E-state index in [0.29, 0.717) is 16.3 Å². The van der Waals surface area contributed by atoms with Gasteiger partial charge < -0.3 is 5.11 Å². The summed E-state index contributed by atoms with van der Waals surface area (Å²) in [5, 5.41) is 9.26. The van der Waals surface area contributed by atoms with Crippen molar-refractivity contribution < 1.29 is 9.90 Å². The first-order chi connectivity index (χ1) is 16.0. The fourth-order valence-electron chi connectivity index (χ4n) is 4.98. The highest BCUT2D eigenvalue weighted by Crippen LogP contribution is 2.52. The van der Waals surface area contributed by atoms with E-state index in [1.165, 1.54) is 16.7 Å². The van der Waals surface area contributed by atoms with Crippen LogP contribution in [0.4, 0.5) is 0 Å². The van der Waals surface area contributed by atoms with Crippen molar-refractivity contribution in [2.75, 3.05) is 0 Å². The summed E-state index contributed by atoms with van der Waals surface area (Å²) in [7, 11) is 0. The monoisotopic (exact) mass is 520 g/mol. The average molecular weight is 522 g/mol. The molecule has 2 nitrogen and oxygen atoms in total. The van der Waals surface area contributed by atoms with Crippen LogP contribution in [0.25, 0.3) is 0 Å². The van der Waals surface area contributed by atoms with E-state index in [-0.39, 0.29) is 16.7 Å². The molecule has 34 heavy (non-hydrogen) atoms. The zero-order chi connectivity index (χ0) is 24.9. The van der Waals surface area contributed by atoms with Gasteiger partial charge >= 0.3 is 5.97 Å². The van der Waals surface area contributed by atoms with Crippen LogP contribution in [0.15, 0.2) is 84.9 Å². The summed E-state index contributed by atoms with van der Waals surface area (Å²) in [6.45, 7) is 11.7. The summed E-state index contributed by atoms with van der Waals surface area (Å²) >= 11 is 3.98. The topological polar surface area (TPSA) is 37.3 Å². The Kier molecular flexibility index (Phi) is 8.41. The molecule has 3 aromatic carbocycles.